The molecule has 1 aliphatic heterocycles. The quantitative estimate of drug-likeness (QED) is 0.834. The highest BCUT2D eigenvalue weighted by Gasteiger charge is 2.53. The Morgan fingerprint density at radius 2 is 1.81 bits per heavy atom. The van der Waals surface area contributed by atoms with E-state index < -0.39 is 24.3 Å². The molecule has 1 aliphatic rings. The minimum Gasteiger partial charge on any atom is -0.504 e. The van der Waals surface area contributed by atoms with Gasteiger partial charge in [0.15, 0.2) is 11.5 Å². The minimum atomic E-state index is -0.533. The molecule has 116 valence electrons. The lowest BCUT2D eigenvalue weighted by atomic mass is 9.75. The van der Waals surface area contributed by atoms with Gasteiger partial charge in [0, 0.05) is 0 Å². The number of aromatic hydroxyl groups is 1. The molecule has 21 heavy (non-hydrogen) atoms. The summed E-state index contributed by atoms with van der Waals surface area (Å²) in [5.74, 6) is 0.0644. The molecule has 0 aliphatic carbocycles. The van der Waals surface area contributed by atoms with Crippen molar-refractivity contribution in [3.05, 3.63) is 23.8 Å². The van der Waals surface area contributed by atoms with Crippen LogP contribution in [0.1, 0.15) is 46.1 Å². The number of phenolic OH excluding ortho intramolecular Hbond substituents is 1. The third kappa shape index (κ3) is 3.02. The van der Waals surface area contributed by atoms with Crippen LogP contribution in [0, 0.1) is 0 Å². The van der Waals surface area contributed by atoms with Crippen molar-refractivity contribution in [2.24, 2.45) is 5.73 Å². The number of ether oxygens (including phenoxy) is 1. The van der Waals surface area contributed by atoms with E-state index in [2.05, 4.69) is 0 Å². The van der Waals surface area contributed by atoms with Crippen molar-refractivity contribution in [1.29, 1.82) is 0 Å². The van der Waals surface area contributed by atoms with Gasteiger partial charge in [-0.25, -0.2) is 0 Å². The Kier molecular flexibility index (Phi) is 4.24. The van der Waals surface area contributed by atoms with Crippen LogP contribution < -0.4 is 10.5 Å². The van der Waals surface area contributed by atoms with Crippen molar-refractivity contribution >= 4 is 7.12 Å². The summed E-state index contributed by atoms with van der Waals surface area (Å²) in [7, 11) is -0.533. The summed E-state index contributed by atoms with van der Waals surface area (Å²) in [6.45, 7) is 10.3. The van der Waals surface area contributed by atoms with Crippen molar-refractivity contribution in [2.75, 3.05) is 6.61 Å². The second-order valence-corrected chi connectivity index (χ2v) is 6.31. The van der Waals surface area contributed by atoms with Crippen LogP contribution in [0.25, 0.3) is 0 Å². The molecular weight excluding hydrogens is 269 g/mol. The van der Waals surface area contributed by atoms with Gasteiger partial charge in [-0.3, -0.25) is 0 Å². The second kappa shape index (κ2) is 5.52. The van der Waals surface area contributed by atoms with Crippen molar-refractivity contribution in [3.8, 4) is 11.5 Å². The molecule has 1 atom stereocenters. The highest BCUT2D eigenvalue weighted by atomic mass is 16.7. The van der Waals surface area contributed by atoms with E-state index in [1.54, 1.807) is 18.2 Å². The Labute approximate surface area is 126 Å². The SMILES string of the molecule is CCOc1cc([C@@H](N)B2OC(C)(C)C(C)(C)O2)ccc1O. The number of hydrogen-bond donors (Lipinski definition) is 2. The molecule has 0 spiro atoms. The number of nitrogens with two attached hydrogens (primary N) is 1. The molecule has 1 aromatic rings. The molecule has 1 fully saturated rings. The van der Waals surface area contributed by atoms with Crippen LogP contribution in [-0.4, -0.2) is 30.0 Å². The van der Waals surface area contributed by atoms with E-state index in [1.807, 2.05) is 34.6 Å². The van der Waals surface area contributed by atoms with Gasteiger partial charge in [-0.2, -0.15) is 0 Å². The fourth-order valence-corrected chi connectivity index (χ4v) is 2.20. The average Bonchev–Trinajstić information content (AvgIpc) is 2.60. The van der Waals surface area contributed by atoms with E-state index in [4.69, 9.17) is 19.8 Å². The normalized spacial score (nSPS) is 21.3. The maximum atomic E-state index is 9.75. The highest BCUT2D eigenvalue weighted by Crippen LogP contribution is 2.40. The number of phenols is 1. The maximum absolute atomic E-state index is 9.75. The molecule has 5 nitrogen and oxygen atoms in total. The Balaban J connectivity index is 2.21. The van der Waals surface area contributed by atoms with Crippen LogP contribution in [0.15, 0.2) is 18.2 Å². The lowest BCUT2D eigenvalue weighted by molar-refractivity contribution is 0.00578. The van der Waals surface area contributed by atoms with Gasteiger partial charge >= 0.3 is 7.12 Å². The molecule has 2 rings (SSSR count). The maximum Gasteiger partial charge on any atom is 0.480 e. The average molecular weight is 293 g/mol. The van der Waals surface area contributed by atoms with Crippen LogP contribution in [0.5, 0.6) is 11.5 Å². The Morgan fingerprint density at radius 3 is 2.33 bits per heavy atom. The minimum absolute atomic E-state index is 0.0988. The summed E-state index contributed by atoms with van der Waals surface area (Å²) in [4.78, 5) is 0. The van der Waals surface area contributed by atoms with E-state index in [0.717, 1.165) is 5.56 Å². The topological polar surface area (TPSA) is 73.9 Å². The Hall–Kier alpha value is -1.24. The van der Waals surface area contributed by atoms with Crippen molar-refractivity contribution in [2.45, 2.75) is 51.8 Å². The summed E-state index contributed by atoms with van der Waals surface area (Å²) < 4.78 is 17.3. The van der Waals surface area contributed by atoms with E-state index in [0.29, 0.717) is 12.4 Å². The van der Waals surface area contributed by atoms with Gasteiger partial charge in [0.1, 0.15) is 0 Å². The second-order valence-electron chi connectivity index (χ2n) is 6.31. The third-order valence-electron chi connectivity index (χ3n) is 4.23. The van der Waals surface area contributed by atoms with Crippen molar-refractivity contribution in [3.63, 3.8) is 0 Å². The van der Waals surface area contributed by atoms with Crippen LogP contribution in [0.3, 0.4) is 0 Å². The highest BCUT2D eigenvalue weighted by molar-refractivity contribution is 6.47. The van der Waals surface area contributed by atoms with Crippen LogP contribution in [0.2, 0.25) is 0 Å². The van der Waals surface area contributed by atoms with Crippen molar-refractivity contribution in [1.82, 2.24) is 0 Å². The molecule has 0 amide bonds. The standard InChI is InChI=1S/C15H24BNO4/c1-6-19-12-9-10(7-8-11(12)18)13(17)16-20-14(2,3)15(4,5)21-16/h7-9,13,18H,6,17H2,1-5H3/t13-/m1/s1. The van der Waals surface area contributed by atoms with Gasteiger partial charge in [-0.05, 0) is 52.3 Å². The summed E-state index contributed by atoms with van der Waals surface area (Å²) in [6, 6.07) is 5.06. The smallest absolute Gasteiger partial charge is 0.480 e. The monoisotopic (exact) mass is 293 g/mol. The van der Waals surface area contributed by atoms with Gasteiger partial charge in [0.2, 0.25) is 0 Å². The molecule has 6 heteroatoms. The number of benzene rings is 1. The third-order valence-corrected chi connectivity index (χ3v) is 4.23. The van der Waals surface area contributed by atoms with Crippen molar-refractivity contribution < 1.29 is 19.2 Å². The predicted molar refractivity (Wildman–Crippen MR) is 82.3 cm³/mol. The first-order valence-electron chi connectivity index (χ1n) is 7.25. The molecule has 0 bridgehead atoms. The zero-order chi connectivity index (χ0) is 15.8. The van der Waals surface area contributed by atoms with Crippen LogP contribution in [-0.2, 0) is 9.31 Å². The lowest BCUT2D eigenvalue weighted by Gasteiger charge is -2.32. The van der Waals surface area contributed by atoms with Gasteiger partial charge in [-0.1, -0.05) is 6.07 Å². The first-order valence-corrected chi connectivity index (χ1v) is 7.25. The Bertz CT molecular complexity index is 502. The van der Waals surface area contributed by atoms with E-state index >= 15 is 0 Å². The predicted octanol–water partition coefficient (Wildman–Crippen LogP) is 2.42. The number of rotatable bonds is 4. The Morgan fingerprint density at radius 1 is 1.24 bits per heavy atom. The zero-order valence-corrected chi connectivity index (χ0v) is 13.3. The summed E-state index contributed by atoms with van der Waals surface area (Å²) in [5.41, 5.74) is 6.23. The number of hydrogen-bond acceptors (Lipinski definition) is 5. The first-order chi connectivity index (χ1) is 9.68. The lowest BCUT2D eigenvalue weighted by Crippen LogP contribution is -2.41. The molecule has 1 saturated heterocycles. The first kappa shape index (κ1) is 16.1. The zero-order valence-electron chi connectivity index (χ0n) is 13.3. The summed E-state index contributed by atoms with van der Waals surface area (Å²) in [5, 5.41) is 9.75. The molecule has 1 aromatic carbocycles. The van der Waals surface area contributed by atoms with Gasteiger partial charge in [0.25, 0.3) is 0 Å². The van der Waals surface area contributed by atoms with Gasteiger partial charge < -0.3 is 24.9 Å². The molecule has 0 aromatic heterocycles. The van der Waals surface area contributed by atoms with Gasteiger partial charge in [0.05, 0.1) is 23.8 Å². The van der Waals surface area contributed by atoms with E-state index in [1.165, 1.54) is 0 Å². The molecule has 0 radical (unpaired) electrons. The molecule has 3 N–H and O–H groups in total. The van der Waals surface area contributed by atoms with E-state index in [9.17, 15) is 5.11 Å². The van der Waals surface area contributed by atoms with Gasteiger partial charge in [-0.15, -0.1) is 0 Å². The summed E-state index contributed by atoms with van der Waals surface area (Å²) >= 11 is 0. The van der Waals surface area contributed by atoms with Crippen LogP contribution in [0.4, 0.5) is 0 Å². The molecular formula is C15H24BNO4. The fourth-order valence-electron chi connectivity index (χ4n) is 2.20. The molecule has 0 unspecified atom stereocenters. The van der Waals surface area contributed by atoms with E-state index in [-0.39, 0.29) is 5.75 Å². The van der Waals surface area contributed by atoms with Crippen LogP contribution >= 0.6 is 0 Å². The molecule has 0 saturated carbocycles. The fraction of sp³-hybridized carbons (Fsp3) is 0.600. The largest absolute Gasteiger partial charge is 0.504 e. The molecule has 1 heterocycles. The summed E-state index contributed by atoms with van der Waals surface area (Å²) in [6.07, 6.45) is 0.